The maximum atomic E-state index is 13.6. The average Bonchev–Trinajstić information content (AvgIpc) is 3.30. The molecule has 1 saturated heterocycles. The van der Waals surface area contributed by atoms with Gasteiger partial charge in [0, 0.05) is 37.5 Å². The topological polar surface area (TPSA) is 58.2 Å². The summed E-state index contributed by atoms with van der Waals surface area (Å²) in [6.07, 6.45) is 5.33. The number of rotatable bonds is 5. The summed E-state index contributed by atoms with van der Waals surface area (Å²) in [7, 11) is 0. The number of carbonyl (C=O) groups is 1. The van der Waals surface area contributed by atoms with Crippen molar-refractivity contribution < 1.29 is 13.9 Å². The molecular formula is C20H20FN3O2. The molecule has 3 heterocycles. The number of amides is 1. The van der Waals surface area contributed by atoms with E-state index in [0.717, 1.165) is 30.4 Å². The summed E-state index contributed by atoms with van der Waals surface area (Å²) >= 11 is 0. The van der Waals surface area contributed by atoms with E-state index in [1.54, 1.807) is 23.4 Å². The van der Waals surface area contributed by atoms with Crippen molar-refractivity contribution in [2.45, 2.75) is 25.5 Å². The number of nitrogens with zero attached hydrogens (tertiary/aromatic N) is 2. The molecule has 1 fully saturated rings. The molecule has 5 nitrogen and oxygen atoms in total. The number of pyridine rings is 1. The second kappa shape index (κ2) is 7.25. The van der Waals surface area contributed by atoms with E-state index in [1.807, 2.05) is 18.2 Å². The maximum Gasteiger partial charge on any atom is 0.256 e. The second-order valence-electron chi connectivity index (χ2n) is 6.55. The Balaban J connectivity index is 1.63. The summed E-state index contributed by atoms with van der Waals surface area (Å²) in [6, 6.07) is 10.0. The second-order valence-corrected chi connectivity index (χ2v) is 6.55. The Morgan fingerprint density at radius 3 is 3.08 bits per heavy atom. The van der Waals surface area contributed by atoms with Crippen LogP contribution in [-0.4, -0.2) is 40.0 Å². The number of hydrogen-bond donors (Lipinski definition) is 1. The summed E-state index contributed by atoms with van der Waals surface area (Å²) < 4.78 is 19.3. The normalized spacial score (nSPS) is 16.9. The van der Waals surface area contributed by atoms with E-state index in [9.17, 15) is 9.18 Å². The molecule has 0 spiro atoms. The van der Waals surface area contributed by atoms with Gasteiger partial charge in [-0.25, -0.2) is 9.37 Å². The highest BCUT2D eigenvalue weighted by Gasteiger charge is 2.25. The molecule has 0 saturated carbocycles. The number of aromatic amines is 1. The molecule has 1 aromatic carbocycles. The van der Waals surface area contributed by atoms with E-state index in [0.29, 0.717) is 24.3 Å². The summed E-state index contributed by atoms with van der Waals surface area (Å²) in [5.74, 6) is -0.410. The van der Waals surface area contributed by atoms with Crippen molar-refractivity contribution >= 4 is 16.9 Å². The number of ether oxygens (including phenoxy) is 1. The minimum absolute atomic E-state index is 0.0239. The average molecular weight is 353 g/mol. The molecule has 6 heteroatoms. The highest BCUT2D eigenvalue weighted by atomic mass is 19.1. The molecule has 4 rings (SSSR count). The first-order valence-electron chi connectivity index (χ1n) is 8.78. The summed E-state index contributed by atoms with van der Waals surface area (Å²) in [5, 5.41) is 0.786. The Labute approximate surface area is 150 Å². The van der Waals surface area contributed by atoms with Gasteiger partial charge in [-0.2, -0.15) is 0 Å². The van der Waals surface area contributed by atoms with Gasteiger partial charge in [0.15, 0.2) is 0 Å². The maximum absolute atomic E-state index is 13.6. The molecule has 1 N–H and O–H groups in total. The van der Waals surface area contributed by atoms with Gasteiger partial charge in [0.25, 0.3) is 5.91 Å². The Morgan fingerprint density at radius 1 is 1.35 bits per heavy atom. The van der Waals surface area contributed by atoms with Crippen LogP contribution in [0.3, 0.4) is 0 Å². The van der Waals surface area contributed by atoms with Gasteiger partial charge in [0.1, 0.15) is 11.5 Å². The van der Waals surface area contributed by atoms with Crippen molar-refractivity contribution in [3.05, 3.63) is 65.7 Å². The molecule has 0 aliphatic carbocycles. The largest absolute Gasteiger partial charge is 0.376 e. The zero-order valence-corrected chi connectivity index (χ0v) is 14.3. The molecule has 0 radical (unpaired) electrons. The van der Waals surface area contributed by atoms with E-state index < -0.39 is 0 Å². The van der Waals surface area contributed by atoms with E-state index in [2.05, 4.69) is 9.97 Å². The molecule has 26 heavy (non-hydrogen) atoms. The highest BCUT2D eigenvalue weighted by molar-refractivity contribution is 6.05. The summed E-state index contributed by atoms with van der Waals surface area (Å²) in [4.78, 5) is 22.2. The van der Waals surface area contributed by atoms with Gasteiger partial charge < -0.3 is 14.6 Å². The zero-order valence-electron chi connectivity index (χ0n) is 14.3. The number of nitrogens with one attached hydrogen (secondary N) is 1. The molecule has 1 aliphatic rings. The van der Waals surface area contributed by atoms with Gasteiger partial charge in [-0.3, -0.25) is 4.79 Å². The lowest BCUT2D eigenvalue weighted by atomic mass is 10.1. The first-order valence-corrected chi connectivity index (χ1v) is 8.78. The fourth-order valence-electron chi connectivity index (χ4n) is 3.41. The molecule has 1 aliphatic heterocycles. The van der Waals surface area contributed by atoms with Crippen molar-refractivity contribution in [1.29, 1.82) is 0 Å². The number of H-pyrrole nitrogens is 1. The molecule has 3 aromatic rings. The van der Waals surface area contributed by atoms with E-state index in [1.165, 1.54) is 12.1 Å². The van der Waals surface area contributed by atoms with Crippen molar-refractivity contribution in [2.24, 2.45) is 0 Å². The third kappa shape index (κ3) is 3.46. The monoisotopic (exact) mass is 353 g/mol. The fraction of sp³-hybridized carbons (Fsp3) is 0.300. The minimum atomic E-state index is -0.302. The number of benzene rings is 1. The van der Waals surface area contributed by atoms with Gasteiger partial charge in [-0.15, -0.1) is 0 Å². The van der Waals surface area contributed by atoms with Crippen LogP contribution >= 0.6 is 0 Å². The Morgan fingerprint density at radius 2 is 2.27 bits per heavy atom. The van der Waals surface area contributed by atoms with Crippen molar-refractivity contribution in [2.75, 3.05) is 13.2 Å². The van der Waals surface area contributed by atoms with Crippen LogP contribution in [0, 0.1) is 5.82 Å². The molecule has 2 aromatic heterocycles. The molecule has 134 valence electrons. The van der Waals surface area contributed by atoms with E-state index in [-0.39, 0.29) is 17.8 Å². The molecular weight excluding hydrogens is 333 g/mol. The van der Waals surface area contributed by atoms with Crippen molar-refractivity contribution in [3.8, 4) is 0 Å². The number of halogens is 1. The van der Waals surface area contributed by atoms with E-state index in [4.69, 9.17) is 4.74 Å². The lowest BCUT2D eigenvalue weighted by molar-refractivity contribution is 0.0508. The first kappa shape index (κ1) is 16.7. The predicted molar refractivity (Wildman–Crippen MR) is 96.2 cm³/mol. The van der Waals surface area contributed by atoms with Gasteiger partial charge in [0.2, 0.25) is 0 Å². The first-order chi connectivity index (χ1) is 12.7. The van der Waals surface area contributed by atoms with Crippen LogP contribution in [0.25, 0.3) is 11.0 Å². The molecule has 1 atom stereocenters. The standard InChI is InChI=1S/C20H20FN3O2/c21-15-5-1-4-14(10-15)12-24(13-16-6-3-9-26-16)20(25)18-11-23-19-17(18)7-2-8-22-19/h1-2,4-5,7-8,10-11,16H,3,6,9,12-13H2,(H,22,23). The van der Waals surface area contributed by atoms with Gasteiger partial charge in [-0.1, -0.05) is 12.1 Å². The quantitative estimate of drug-likeness (QED) is 0.763. The van der Waals surface area contributed by atoms with Crippen LogP contribution in [0.15, 0.2) is 48.8 Å². The van der Waals surface area contributed by atoms with Crippen LogP contribution in [0.5, 0.6) is 0 Å². The number of fused-ring (bicyclic) bond motifs is 1. The Bertz CT molecular complexity index is 918. The summed E-state index contributed by atoms with van der Waals surface area (Å²) in [6.45, 7) is 1.55. The van der Waals surface area contributed by atoms with E-state index >= 15 is 0 Å². The van der Waals surface area contributed by atoms with Gasteiger partial charge in [0.05, 0.1) is 11.7 Å². The van der Waals surface area contributed by atoms with Gasteiger partial charge in [-0.05, 0) is 42.7 Å². The Kier molecular flexibility index (Phi) is 4.67. The zero-order chi connectivity index (χ0) is 17.9. The smallest absolute Gasteiger partial charge is 0.256 e. The molecule has 1 amide bonds. The summed E-state index contributed by atoms with van der Waals surface area (Å²) in [5.41, 5.74) is 2.01. The third-order valence-corrected chi connectivity index (χ3v) is 4.68. The van der Waals surface area contributed by atoms with Crippen molar-refractivity contribution in [3.63, 3.8) is 0 Å². The predicted octanol–water partition coefficient (Wildman–Crippen LogP) is 3.52. The van der Waals surface area contributed by atoms with Crippen LogP contribution < -0.4 is 0 Å². The lowest BCUT2D eigenvalue weighted by Crippen LogP contribution is -2.36. The van der Waals surface area contributed by atoms with Crippen molar-refractivity contribution in [1.82, 2.24) is 14.9 Å². The van der Waals surface area contributed by atoms with Crippen LogP contribution in [0.1, 0.15) is 28.8 Å². The molecule has 0 bridgehead atoms. The van der Waals surface area contributed by atoms with Crippen LogP contribution in [-0.2, 0) is 11.3 Å². The number of aromatic nitrogens is 2. The highest BCUT2D eigenvalue weighted by Crippen LogP contribution is 2.21. The lowest BCUT2D eigenvalue weighted by Gasteiger charge is -2.25. The third-order valence-electron chi connectivity index (χ3n) is 4.68. The van der Waals surface area contributed by atoms with Gasteiger partial charge >= 0.3 is 0 Å². The molecule has 1 unspecified atom stereocenters. The number of carbonyl (C=O) groups excluding carboxylic acids is 1. The Hall–Kier alpha value is -2.73. The van der Waals surface area contributed by atoms with Crippen LogP contribution in [0.4, 0.5) is 4.39 Å². The SMILES string of the molecule is O=C(c1c[nH]c2ncccc12)N(Cc1cccc(F)c1)CC1CCCO1. The fourth-order valence-corrected chi connectivity index (χ4v) is 3.41. The number of hydrogen-bond acceptors (Lipinski definition) is 3. The van der Waals surface area contributed by atoms with Crippen LogP contribution in [0.2, 0.25) is 0 Å². The minimum Gasteiger partial charge on any atom is -0.376 e.